The molecule has 2 N–H and O–H groups in total. The number of methoxy groups -OCH3 is 1. The normalized spacial score (nSPS) is 15.7. The lowest BCUT2D eigenvalue weighted by Crippen LogP contribution is -2.58. The minimum absolute atomic E-state index is 0.0134. The van der Waals surface area contributed by atoms with Gasteiger partial charge in [0.05, 0.1) is 34.2 Å². The van der Waals surface area contributed by atoms with Crippen molar-refractivity contribution >= 4 is 34.1 Å². The fourth-order valence-electron chi connectivity index (χ4n) is 8.21. The van der Waals surface area contributed by atoms with Crippen molar-refractivity contribution in [3.8, 4) is 22.5 Å². The maximum absolute atomic E-state index is 13.9. The van der Waals surface area contributed by atoms with Crippen LogP contribution in [0.1, 0.15) is 76.8 Å². The predicted octanol–water partition coefficient (Wildman–Crippen LogP) is 6.42. The molecule has 4 heterocycles. The van der Waals surface area contributed by atoms with Crippen molar-refractivity contribution in [2.75, 3.05) is 54.9 Å². The van der Waals surface area contributed by atoms with Gasteiger partial charge in [0, 0.05) is 73.3 Å². The number of rotatable bonds is 16. The molecule has 1 aliphatic rings. The summed E-state index contributed by atoms with van der Waals surface area (Å²) in [5.41, 5.74) is 10.8. The molecule has 0 radical (unpaired) electrons. The Bertz CT molecular complexity index is 1880. The summed E-state index contributed by atoms with van der Waals surface area (Å²) in [5.74, 6) is -0.191. The monoisotopic (exact) mass is 758 g/mol. The van der Waals surface area contributed by atoms with Gasteiger partial charge in [0.2, 0.25) is 5.91 Å². The molecular formula is C42H62N8O3S. The summed E-state index contributed by atoms with van der Waals surface area (Å²) in [7, 11) is 9.80. The van der Waals surface area contributed by atoms with Crippen LogP contribution in [0.5, 0.6) is 0 Å². The summed E-state index contributed by atoms with van der Waals surface area (Å²) in [6, 6.07) is 9.75. The number of hydrogen-bond acceptors (Lipinski definition) is 9. The molecule has 54 heavy (non-hydrogen) atoms. The predicted molar refractivity (Wildman–Crippen MR) is 220 cm³/mol. The zero-order chi connectivity index (χ0) is 39.3. The Morgan fingerprint density at radius 1 is 1.11 bits per heavy atom. The molecule has 1 aromatic carbocycles. The van der Waals surface area contributed by atoms with Gasteiger partial charge in [-0.25, -0.2) is 10.4 Å². The molecule has 1 aliphatic heterocycles. The molecule has 3 atom stereocenters. The number of aromatic nitrogens is 3. The third-order valence-electron chi connectivity index (χ3n) is 10.4. The second-order valence-corrected chi connectivity index (χ2v) is 17.3. The average molecular weight is 759 g/mol. The second kappa shape index (κ2) is 17.8. The van der Waals surface area contributed by atoms with Crippen molar-refractivity contribution in [2.45, 2.75) is 92.0 Å². The van der Waals surface area contributed by atoms with E-state index in [2.05, 4.69) is 91.6 Å². The number of hydrogen-bond donors (Lipinski definition) is 2. The van der Waals surface area contributed by atoms with Crippen LogP contribution in [-0.2, 0) is 33.7 Å². The highest BCUT2D eigenvalue weighted by molar-refractivity contribution is 7.10. The van der Waals surface area contributed by atoms with Gasteiger partial charge in [0.25, 0.3) is 5.91 Å². The lowest BCUT2D eigenvalue weighted by molar-refractivity contribution is -0.141. The number of thiazole rings is 1. The molecule has 2 amide bonds. The van der Waals surface area contributed by atoms with Crippen LogP contribution in [0.3, 0.4) is 0 Å². The summed E-state index contributed by atoms with van der Waals surface area (Å²) >= 11 is 1.53. The number of carbonyl (C=O) groups is 2. The maximum Gasteiger partial charge on any atom is 0.259 e. The summed E-state index contributed by atoms with van der Waals surface area (Å²) in [5, 5.41) is 8.87. The fraction of sp³-hybridized carbons (Fsp3) is 0.571. The van der Waals surface area contributed by atoms with Gasteiger partial charge in [-0.1, -0.05) is 33.8 Å². The van der Waals surface area contributed by atoms with Gasteiger partial charge in [-0.05, 0) is 102 Å². The third kappa shape index (κ3) is 9.39. The number of nitrogens with one attached hydrogen (secondary N) is 2. The first-order chi connectivity index (χ1) is 25.6. The first kappa shape index (κ1) is 41.5. The molecule has 0 aliphatic carbocycles. The molecule has 0 bridgehead atoms. The molecule has 11 nitrogen and oxygen atoms in total. The van der Waals surface area contributed by atoms with E-state index in [-0.39, 0.29) is 35.3 Å². The largest absolute Gasteiger partial charge is 0.375 e. The minimum Gasteiger partial charge on any atom is -0.375 e. The first-order valence-electron chi connectivity index (χ1n) is 19.4. The van der Waals surface area contributed by atoms with Crippen LogP contribution in [0.2, 0.25) is 0 Å². The van der Waals surface area contributed by atoms with Gasteiger partial charge >= 0.3 is 0 Å². The number of likely N-dealkylation sites (N-methyl/N-ethyl adjacent to an activating group) is 1. The van der Waals surface area contributed by atoms with Crippen LogP contribution in [0.25, 0.3) is 33.4 Å². The van der Waals surface area contributed by atoms with Crippen LogP contribution in [0.15, 0.2) is 41.9 Å². The van der Waals surface area contributed by atoms with Crippen molar-refractivity contribution in [3.63, 3.8) is 0 Å². The van der Waals surface area contributed by atoms with Crippen LogP contribution in [0.4, 0.5) is 0 Å². The summed E-state index contributed by atoms with van der Waals surface area (Å²) in [6.45, 7) is 16.1. The van der Waals surface area contributed by atoms with E-state index in [9.17, 15) is 9.59 Å². The Balaban J connectivity index is 1.56. The fourth-order valence-corrected chi connectivity index (χ4v) is 9.06. The van der Waals surface area contributed by atoms with E-state index in [0.717, 1.165) is 66.4 Å². The average Bonchev–Trinajstić information content (AvgIpc) is 3.71. The van der Waals surface area contributed by atoms with Crippen LogP contribution in [0, 0.1) is 11.3 Å². The molecule has 3 aromatic heterocycles. The zero-order valence-corrected chi connectivity index (χ0v) is 35.1. The Morgan fingerprint density at radius 3 is 2.50 bits per heavy atom. The van der Waals surface area contributed by atoms with E-state index in [1.165, 1.54) is 33.5 Å². The lowest BCUT2D eigenvalue weighted by atomic mass is 9.83. The highest BCUT2D eigenvalue weighted by atomic mass is 32.1. The van der Waals surface area contributed by atoms with Crippen LogP contribution in [-0.4, -0.2) is 108 Å². The summed E-state index contributed by atoms with van der Waals surface area (Å²) in [4.78, 5) is 41.6. The van der Waals surface area contributed by atoms with E-state index in [0.29, 0.717) is 13.0 Å². The van der Waals surface area contributed by atoms with Crippen molar-refractivity contribution in [2.24, 2.45) is 11.3 Å². The first-order valence-corrected chi connectivity index (χ1v) is 20.3. The molecule has 0 saturated carbocycles. The summed E-state index contributed by atoms with van der Waals surface area (Å²) < 4.78 is 8.23. The van der Waals surface area contributed by atoms with Crippen LogP contribution < -0.4 is 10.7 Å². The van der Waals surface area contributed by atoms with Gasteiger partial charge < -0.3 is 19.5 Å². The number of ether oxygens (including phenoxy) is 1. The molecule has 1 fully saturated rings. The standard InChI is InChI=1S/C42H62N8O3S/c1-12-49-35-18-17-29(22-31(35)32(24-42(5,6)26-47(7)8)39(49)30-16-15-19-43-37(30)28(4)53-11)34-25-54-36(45-34)23-33(41(52)50-21-14-13-20-44-50)46-40(51)38(27(2)3)48(9)10/h15-19,22,25,27-28,33,38,44H,12-14,20-21,23-24,26H2,1-11H3,(H,46,51). The van der Waals surface area contributed by atoms with Crippen molar-refractivity contribution in [1.82, 2.24) is 40.1 Å². The van der Waals surface area contributed by atoms with Gasteiger partial charge in [0.1, 0.15) is 6.04 Å². The molecule has 3 unspecified atom stereocenters. The topological polar surface area (TPSA) is 108 Å². The number of nitrogens with zero attached hydrogens (tertiary/aromatic N) is 6. The van der Waals surface area contributed by atoms with Crippen molar-refractivity contribution < 1.29 is 14.3 Å². The third-order valence-corrected chi connectivity index (χ3v) is 11.3. The SMILES string of the molecule is CCn1c(-c2cccnc2C(C)OC)c(CC(C)(C)CN(C)C)c2cc(-c3csc(CC(NC(=O)C(C(C)C)N(C)C)C(=O)N4CCCCN4)n3)ccc21. The van der Waals surface area contributed by atoms with Crippen molar-refractivity contribution in [3.05, 3.63) is 58.2 Å². The van der Waals surface area contributed by atoms with E-state index in [4.69, 9.17) is 14.7 Å². The highest BCUT2D eigenvalue weighted by Crippen LogP contribution is 2.41. The number of pyridine rings is 1. The Hall–Kier alpha value is -3.68. The van der Waals surface area contributed by atoms with Gasteiger partial charge in [0.15, 0.2) is 0 Å². The molecule has 1 saturated heterocycles. The molecular weight excluding hydrogens is 697 g/mol. The lowest BCUT2D eigenvalue weighted by Gasteiger charge is -2.33. The Kier molecular flexibility index (Phi) is 13.7. The summed E-state index contributed by atoms with van der Waals surface area (Å²) in [6.07, 6.45) is 4.81. The Morgan fingerprint density at radius 2 is 1.87 bits per heavy atom. The number of aryl methyl sites for hydroxylation is 1. The second-order valence-electron chi connectivity index (χ2n) is 16.3. The number of hydrazine groups is 1. The van der Waals surface area contributed by atoms with Gasteiger partial charge in [-0.2, -0.15) is 0 Å². The maximum atomic E-state index is 13.9. The molecule has 294 valence electrons. The number of benzene rings is 1. The quantitative estimate of drug-likeness (QED) is 0.135. The number of fused-ring (bicyclic) bond motifs is 1. The van der Waals surface area contributed by atoms with Gasteiger partial charge in [-0.15, -0.1) is 11.3 Å². The van der Waals surface area contributed by atoms with E-state index in [1.807, 2.05) is 45.1 Å². The van der Waals surface area contributed by atoms with E-state index >= 15 is 0 Å². The smallest absolute Gasteiger partial charge is 0.259 e. The van der Waals surface area contributed by atoms with Gasteiger partial charge in [-0.3, -0.25) is 24.5 Å². The molecule has 12 heteroatoms. The van der Waals surface area contributed by atoms with Crippen LogP contribution >= 0.6 is 11.3 Å². The van der Waals surface area contributed by atoms with Crippen molar-refractivity contribution in [1.29, 1.82) is 0 Å². The molecule has 4 aromatic rings. The molecule has 5 rings (SSSR count). The van der Waals surface area contributed by atoms with E-state index < -0.39 is 6.04 Å². The zero-order valence-electron chi connectivity index (χ0n) is 34.3. The highest BCUT2D eigenvalue weighted by Gasteiger charge is 2.33. The Labute approximate surface area is 326 Å². The number of carbonyl (C=O) groups excluding carboxylic acids is 2. The molecule has 0 spiro atoms. The minimum atomic E-state index is -0.736. The van der Waals surface area contributed by atoms with E-state index in [1.54, 1.807) is 12.1 Å². The number of amides is 2.